The van der Waals surface area contributed by atoms with Crippen molar-refractivity contribution in [1.82, 2.24) is 19.5 Å². The lowest BCUT2D eigenvalue weighted by molar-refractivity contribution is -0.141. The van der Waals surface area contributed by atoms with Crippen LogP contribution in [0.3, 0.4) is 0 Å². The number of carbonyl (C=O) groups is 2. The first-order valence-electron chi connectivity index (χ1n) is 8.27. The molecule has 0 atom stereocenters. The molecule has 128 valence electrons. The van der Waals surface area contributed by atoms with Crippen molar-refractivity contribution in [2.75, 3.05) is 13.1 Å². The monoisotopic (exact) mass is 330 g/mol. The van der Waals surface area contributed by atoms with Crippen molar-refractivity contribution in [3.63, 3.8) is 0 Å². The van der Waals surface area contributed by atoms with Crippen LogP contribution in [0.4, 0.5) is 0 Å². The van der Waals surface area contributed by atoms with Gasteiger partial charge in [0.05, 0.1) is 12.1 Å². The van der Waals surface area contributed by atoms with Crippen LogP contribution >= 0.6 is 0 Å². The van der Waals surface area contributed by atoms with E-state index in [0.29, 0.717) is 19.0 Å². The number of piperidine rings is 1. The number of aromatic nitrogens is 3. The van der Waals surface area contributed by atoms with Crippen LogP contribution in [0.25, 0.3) is 5.65 Å². The fraction of sp³-hybridized carbons (Fsp3) is 0.529. The number of carboxylic acid groups (broad SMARTS) is 1. The molecule has 0 aromatic carbocycles. The first-order chi connectivity index (χ1) is 11.4. The number of nitrogens with zero attached hydrogens (tertiary/aromatic N) is 4. The summed E-state index contributed by atoms with van der Waals surface area (Å²) < 4.78 is 1.85. The topological polar surface area (TPSA) is 87.8 Å². The number of hydrogen-bond donors (Lipinski definition) is 1. The maximum atomic E-state index is 12.0. The Balaban J connectivity index is 1.66. The highest BCUT2D eigenvalue weighted by Crippen LogP contribution is 2.28. The number of amides is 1. The predicted molar refractivity (Wildman–Crippen MR) is 87.9 cm³/mol. The number of aryl methyl sites for hydroxylation is 2. The second kappa shape index (κ2) is 6.59. The van der Waals surface area contributed by atoms with Crippen LogP contribution in [0.5, 0.6) is 0 Å². The largest absolute Gasteiger partial charge is 0.481 e. The van der Waals surface area contributed by atoms with E-state index in [1.165, 1.54) is 0 Å². The standard InChI is InChI=1S/C17H22N4O3/c1-11-9-15-18-14(10-12(2)21(15)19-11)13-5-7-20(8-6-13)16(22)3-4-17(23)24/h9-10,13H,3-8H2,1-2H3,(H,23,24). The van der Waals surface area contributed by atoms with Crippen molar-refractivity contribution in [2.45, 2.75) is 45.4 Å². The lowest BCUT2D eigenvalue weighted by Gasteiger charge is -2.32. The fourth-order valence-electron chi connectivity index (χ4n) is 3.27. The summed E-state index contributed by atoms with van der Waals surface area (Å²) in [5.41, 5.74) is 3.92. The summed E-state index contributed by atoms with van der Waals surface area (Å²) >= 11 is 0. The molecule has 7 nitrogen and oxygen atoms in total. The van der Waals surface area contributed by atoms with Crippen LogP contribution in [0.1, 0.15) is 48.7 Å². The van der Waals surface area contributed by atoms with Crippen molar-refractivity contribution in [3.05, 3.63) is 29.2 Å². The van der Waals surface area contributed by atoms with E-state index in [2.05, 4.69) is 11.2 Å². The van der Waals surface area contributed by atoms with Crippen molar-refractivity contribution < 1.29 is 14.7 Å². The van der Waals surface area contributed by atoms with Crippen LogP contribution in [-0.2, 0) is 9.59 Å². The predicted octanol–water partition coefficient (Wildman–Crippen LogP) is 1.92. The van der Waals surface area contributed by atoms with E-state index in [1.807, 2.05) is 24.4 Å². The molecule has 1 N–H and O–H groups in total. The lowest BCUT2D eigenvalue weighted by atomic mass is 9.92. The molecule has 0 saturated carbocycles. The first-order valence-corrected chi connectivity index (χ1v) is 8.27. The average molecular weight is 330 g/mol. The van der Waals surface area contributed by atoms with E-state index in [0.717, 1.165) is 35.6 Å². The van der Waals surface area contributed by atoms with Gasteiger partial charge in [-0.15, -0.1) is 0 Å². The molecule has 0 aliphatic carbocycles. The minimum atomic E-state index is -0.928. The highest BCUT2D eigenvalue weighted by molar-refractivity contribution is 5.80. The van der Waals surface area contributed by atoms with Crippen LogP contribution in [0.2, 0.25) is 0 Å². The molecule has 7 heteroatoms. The van der Waals surface area contributed by atoms with Gasteiger partial charge in [0, 0.05) is 42.9 Å². The first kappa shape index (κ1) is 16.4. The third-order valence-corrected chi connectivity index (χ3v) is 4.57. The van der Waals surface area contributed by atoms with Crippen LogP contribution in [-0.4, -0.2) is 49.6 Å². The molecule has 0 radical (unpaired) electrons. The highest BCUT2D eigenvalue weighted by Gasteiger charge is 2.25. The van der Waals surface area contributed by atoms with E-state index in [4.69, 9.17) is 10.1 Å². The summed E-state index contributed by atoms with van der Waals surface area (Å²) in [7, 11) is 0. The third kappa shape index (κ3) is 3.39. The van der Waals surface area contributed by atoms with Gasteiger partial charge in [0.15, 0.2) is 5.65 Å². The maximum Gasteiger partial charge on any atom is 0.303 e. The molecular weight excluding hydrogens is 308 g/mol. The van der Waals surface area contributed by atoms with Gasteiger partial charge in [-0.25, -0.2) is 9.50 Å². The van der Waals surface area contributed by atoms with E-state index < -0.39 is 5.97 Å². The Bertz CT molecular complexity index is 775. The summed E-state index contributed by atoms with van der Waals surface area (Å²) in [5, 5.41) is 13.1. The van der Waals surface area contributed by atoms with Crippen LogP contribution in [0, 0.1) is 13.8 Å². The van der Waals surface area contributed by atoms with Gasteiger partial charge in [-0.1, -0.05) is 0 Å². The summed E-state index contributed by atoms with van der Waals surface area (Å²) in [6.45, 7) is 5.30. The quantitative estimate of drug-likeness (QED) is 0.925. The molecule has 0 bridgehead atoms. The average Bonchev–Trinajstić information content (AvgIpc) is 2.93. The number of aliphatic carboxylic acids is 1. The zero-order chi connectivity index (χ0) is 17.3. The molecule has 1 aliphatic heterocycles. The minimum absolute atomic E-state index is 0.0677. The van der Waals surface area contributed by atoms with Gasteiger partial charge in [0.25, 0.3) is 0 Å². The highest BCUT2D eigenvalue weighted by atomic mass is 16.4. The van der Waals surface area contributed by atoms with Gasteiger partial charge in [0.2, 0.25) is 5.91 Å². The third-order valence-electron chi connectivity index (χ3n) is 4.57. The lowest BCUT2D eigenvalue weighted by Crippen LogP contribution is -2.38. The zero-order valence-corrected chi connectivity index (χ0v) is 14.0. The smallest absolute Gasteiger partial charge is 0.303 e. The van der Waals surface area contributed by atoms with Crippen molar-refractivity contribution >= 4 is 17.5 Å². The van der Waals surface area contributed by atoms with Gasteiger partial charge >= 0.3 is 5.97 Å². The number of carboxylic acids is 1. The molecule has 0 unspecified atom stereocenters. The Hall–Kier alpha value is -2.44. The Morgan fingerprint density at radius 3 is 2.58 bits per heavy atom. The number of likely N-dealkylation sites (tertiary alicyclic amines) is 1. The Labute approximate surface area is 140 Å². The normalized spacial score (nSPS) is 15.8. The maximum absolute atomic E-state index is 12.0. The molecule has 24 heavy (non-hydrogen) atoms. The molecule has 3 rings (SSSR count). The van der Waals surface area contributed by atoms with E-state index in [9.17, 15) is 9.59 Å². The van der Waals surface area contributed by atoms with Gasteiger partial charge < -0.3 is 10.0 Å². The molecule has 2 aromatic heterocycles. The van der Waals surface area contributed by atoms with E-state index in [-0.39, 0.29) is 18.7 Å². The van der Waals surface area contributed by atoms with Crippen molar-refractivity contribution in [2.24, 2.45) is 0 Å². The number of carbonyl (C=O) groups excluding carboxylic acids is 1. The molecule has 1 amide bonds. The molecule has 1 aliphatic rings. The van der Waals surface area contributed by atoms with Gasteiger partial charge in [-0.3, -0.25) is 9.59 Å². The Morgan fingerprint density at radius 2 is 1.92 bits per heavy atom. The fourth-order valence-corrected chi connectivity index (χ4v) is 3.27. The van der Waals surface area contributed by atoms with Crippen LogP contribution < -0.4 is 0 Å². The van der Waals surface area contributed by atoms with Crippen LogP contribution in [0.15, 0.2) is 12.1 Å². The Morgan fingerprint density at radius 1 is 1.21 bits per heavy atom. The molecule has 1 saturated heterocycles. The minimum Gasteiger partial charge on any atom is -0.481 e. The number of rotatable bonds is 4. The summed E-state index contributed by atoms with van der Waals surface area (Å²) in [5.74, 6) is -0.670. The summed E-state index contributed by atoms with van der Waals surface area (Å²) in [6, 6.07) is 4.05. The number of fused-ring (bicyclic) bond motifs is 1. The SMILES string of the molecule is Cc1cc2nc(C3CCN(C(=O)CCC(=O)O)CC3)cc(C)n2n1. The molecule has 0 spiro atoms. The second-order valence-electron chi connectivity index (χ2n) is 6.43. The zero-order valence-electron chi connectivity index (χ0n) is 14.0. The van der Waals surface area contributed by atoms with E-state index >= 15 is 0 Å². The summed E-state index contributed by atoms with van der Waals surface area (Å²) in [6.07, 6.45) is 1.69. The second-order valence-corrected chi connectivity index (χ2v) is 6.43. The van der Waals surface area contributed by atoms with E-state index in [1.54, 1.807) is 4.90 Å². The number of hydrogen-bond acceptors (Lipinski definition) is 4. The molecular formula is C17H22N4O3. The summed E-state index contributed by atoms with van der Waals surface area (Å²) in [4.78, 5) is 29.1. The van der Waals surface area contributed by atoms with Gasteiger partial charge in [-0.2, -0.15) is 5.10 Å². The van der Waals surface area contributed by atoms with Crippen molar-refractivity contribution in [1.29, 1.82) is 0 Å². The Kier molecular flexibility index (Phi) is 4.51. The molecule has 3 heterocycles. The molecule has 2 aromatic rings. The van der Waals surface area contributed by atoms with Gasteiger partial charge in [-0.05, 0) is 32.8 Å². The van der Waals surface area contributed by atoms with Crippen molar-refractivity contribution in [3.8, 4) is 0 Å². The molecule has 1 fully saturated rings. The van der Waals surface area contributed by atoms with Gasteiger partial charge in [0.1, 0.15) is 0 Å².